The fraction of sp³-hybridized carbons (Fsp3) is 0.895. The molecule has 1 unspecified atom stereocenters. The highest BCUT2D eigenvalue weighted by Crippen LogP contribution is 2.54. The Balaban J connectivity index is 2.62. The van der Waals surface area contributed by atoms with Crippen LogP contribution in [0.3, 0.4) is 0 Å². The minimum Gasteiger partial charge on any atom is -0.392 e. The Labute approximate surface area is 154 Å². The van der Waals surface area contributed by atoms with Crippen LogP contribution in [-0.4, -0.2) is 34.5 Å². The van der Waals surface area contributed by atoms with E-state index in [1.165, 1.54) is 50.0 Å². The van der Waals surface area contributed by atoms with Gasteiger partial charge in [0.15, 0.2) is 0 Å². The highest BCUT2D eigenvalue weighted by atomic mass is 32.2. The Morgan fingerprint density at radius 2 is 1.65 bits per heavy atom. The highest BCUT2D eigenvalue weighted by molar-refractivity contribution is 8.21. The Kier molecular flexibility index (Phi) is 9.96. The molecule has 2 atom stereocenters. The van der Waals surface area contributed by atoms with E-state index in [4.69, 9.17) is 0 Å². The zero-order valence-corrected chi connectivity index (χ0v) is 18.4. The number of rotatable bonds is 11. The standard InChI is InChI=1S/C19H38OS2Si/c1-6-8-9-10-11-12-14-18(20)17(7-2)19(23(3,4)5)21-15-13-16-22-19/h7,17-18,20H,2,6,8-16H2,1,3-5H3/t17-,18?/m1/s1. The molecule has 136 valence electrons. The van der Waals surface area contributed by atoms with Gasteiger partial charge < -0.3 is 5.11 Å². The van der Waals surface area contributed by atoms with Crippen molar-refractivity contribution in [2.45, 2.75) is 87.7 Å². The van der Waals surface area contributed by atoms with E-state index in [0.717, 1.165) is 12.8 Å². The molecule has 0 saturated carbocycles. The zero-order chi connectivity index (χ0) is 17.3. The van der Waals surface area contributed by atoms with Crippen molar-refractivity contribution in [1.82, 2.24) is 0 Å². The lowest BCUT2D eigenvalue weighted by Gasteiger charge is -2.50. The van der Waals surface area contributed by atoms with Gasteiger partial charge in [-0.3, -0.25) is 0 Å². The van der Waals surface area contributed by atoms with Crippen molar-refractivity contribution in [3.63, 3.8) is 0 Å². The van der Waals surface area contributed by atoms with Gasteiger partial charge in [-0.25, -0.2) is 0 Å². The number of thioether (sulfide) groups is 2. The van der Waals surface area contributed by atoms with Crippen LogP contribution >= 0.6 is 23.5 Å². The minimum atomic E-state index is -1.42. The van der Waals surface area contributed by atoms with Crippen LogP contribution in [0.1, 0.15) is 58.3 Å². The predicted molar refractivity (Wildman–Crippen MR) is 113 cm³/mol. The van der Waals surface area contributed by atoms with Crippen molar-refractivity contribution in [3.8, 4) is 0 Å². The van der Waals surface area contributed by atoms with E-state index < -0.39 is 8.07 Å². The van der Waals surface area contributed by atoms with Gasteiger partial charge in [-0.2, -0.15) is 0 Å². The molecule has 4 heteroatoms. The lowest BCUT2D eigenvalue weighted by molar-refractivity contribution is 0.119. The van der Waals surface area contributed by atoms with E-state index in [2.05, 4.69) is 62.7 Å². The molecule has 1 saturated heterocycles. The van der Waals surface area contributed by atoms with Crippen LogP contribution in [0.15, 0.2) is 12.7 Å². The fourth-order valence-electron chi connectivity index (χ4n) is 3.55. The van der Waals surface area contributed by atoms with Crippen molar-refractivity contribution in [2.24, 2.45) is 5.92 Å². The summed E-state index contributed by atoms with van der Waals surface area (Å²) in [4.78, 5) is 0. The quantitative estimate of drug-likeness (QED) is 0.259. The molecule has 0 spiro atoms. The zero-order valence-electron chi connectivity index (χ0n) is 15.8. The molecule has 0 aromatic rings. The summed E-state index contributed by atoms with van der Waals surface area (Å²) in [5, 5.41) is 10.9. The second kappa shape index (κ2) is 10.6. The molecule has 23 heavy (non-hydrogen) atoms. The molecule has 0 aromatic carbocycles. The van der Waals surface area contributed by atoms with Crippen molar-refractivity contribution in [1.29, 1.82) is 0 Å². The first-order chi connectivity index (χ1) is 10.9. The molecule has 0 radical (unpaired) electrons. The molecule has 1 aliphatic heterocycles. The van der Waals surface area contributed by atoms with Crippen molar-refractivity contribution < 1.29 is 5.11 Å². The van der Waals surface area contributed by atoms with Gasteiger partial charge >= 0.3 is 0 Å². The molecule has 0 aromatic heterocycles. The van der Waals surface area contributed by atoms with Gasteiger partial charge in [0.2, 0.25) is 0 Å². The first-order valence-corrected chi connectivity index (χ1v) is 14.9. The van der Waals surface area contributed by atoms with Crippen LogP contribution < -0.4 is 0 Å². The Morgan fingerprint density at radius 1 is 1.09 bits per heavy atom. The summed E-state index contributed by atoms with van der Waals surface area (Å²) >= 11 is 4.24. The number of hydrogen-bond donors (Lipinski definition) is 1. The minimum absolute atomic E-state index is 0.203. The Bertz CT molecular complexity index is 335. The number of unbranched alkanes of at least 4 members (excludes halogenated alkanes) is 5. The van der Waals surface area contributed by atoms with Gasteiger partial charge in [-0.1, -0.05) is 71.2 Å². The first-order valence-electron chi connectivity index (χ1n) is 9.47. The fourth-order valence-corrected chi connectivity index (χ4v) is 12.0. The van der Waals surface area contributed by atoms with Crippen LogP contribution in [0.2, 0.25) is 19.6 Å². The molecule has 1 fully saturated rings. The molecule has 1 rings (SSSR count). The van der Waals surface area contributed by atoms with Gasteiger partial charge in [0.1, 0.15) is 0 Å². The molecule has 0 amide bonds. The van der Waals surface area contributed by atoms with Crippen LogP contribution in [0.25, 0.3) is 0 Å². The number of hydrogen-bond acceptors (Lipinski definition) is 3. The monoisotopic (exact) mass is 374 g/mol. The summed E-state index contributed by atoms with van der Waals surface area (Å²) in [6.45, 7) is 13.8. The summed E-state index contributed by atoms with van der Waals surface area (Å²) in [5.74, 6) is 2.72. The number of aliphatic hydroxyl groups excluding tert-OH is 1. The van der Waals surface area contributed by atoms with Gasteiger partial charge in [0.25, 0.3) is 0 Å². The second-order valence-corrected chi connectivity index (χ2v) is 16.8. The third-order valence-corrected chi connectivity index (χ3v) is 15.0. The van der Waals surface area contributed by atoms with Gasteiger partial charge in [0.05, 0.1) is 17.9 Å². The molecule has 1 aliphatic rings. The smallest absolute Gasteiger partial charge is 0.0761 e. The molecule has 0 aliphatic carbocycles. The van der Waals surface area contributed by atoms with Gasteiger partial charge in [-0.05, 0) is 24.3 Å². The van der Waals surface area contributed by atoms with E-state index in [1.807, 2.05) is 0 Å². The summed E-state index contributed by atoms with van der Waals surface area (Å²) in [6, 6.07) is 0. The summed E-state index contributed by atoms with van der Waals surface area (Å²) in [5.41, 5.74) is 0. The van der Waals surface area contributed by atoms with Crippen molar-refractivity contribution >= 4 is 31.6 Å². The number of aliphatic hydroxyl groups is 1. The maximum absolute atomic E-state index is 10.9. The molecule has 1 heterocycles. The first kappa shape index (κ1) is 21.7. The van der Waals surface area contributed by atoms with E-state index in [1.54, 1.807) is 0 Å². The summed E-state index contributed by atoms with van der Waals surface area (Å²) in [6.07, 6.45) is 11.8. The van der Waals surface area contributed by atoms with E-state index >= 15 is 0 Å². The molecule has 0 bridgehead atoms. The van der Waals surface area contributed by atoms with Gasteiger partial charge in [-0.15, -0.1) is 30.1 Å². The third kappa shape index (κ3) is 6.13. The lowest BCUT2D eigenvalue weighted by atomic mass is 9.98. The van der Waals surface area contributed by atoms with Crippen LogP contribution in [-0.2, 0) is 0 Å². The maximum atomic E-state index is 10.9. The summed E-state index contributed by atoms with van der Waals surface area (Å²) in [7, 11) is -1.42. The molecular weight excluding hydrogens is 336 g/mol. The molecule has 1 N–H and O–H groups in total. The SMILES string of the molecule is C=C[C@H](C(O)CCCCCCCC)C1([Si](C)(C)C)SCCCS1. The van der Waals surface area contributed by atoms with Crippen molar-refractivity contribution in [3.05, 3.63) is 12.7 Å². The normalized spacial score (nSPS) is 20.9. The average molecular weight is 375 g/mol. The third-order valence-electron chi connectivity index (χ3n) is 4.93. The van der Waals surface area contributed by atoms with Crippen LogP contribution in [0.4, 0.5) is 0 Å². The lowest BCUT2D eigenvalue weighted by Crippen LogP contribution is -2.56. The van der Waals surface area contributed by atoms with Gasteiger partial charge in [0, 0.05) is 5.92 Å². The van der Waals surface area contributed by atoms with Crippen LogP contribution in [0, 0.1) is 5.92 Å². The maximum Gasteiger partial charge on any atom is 0.0761 e. The topological polar surface area (TPSA) is 20.2 Å². The molecule has 1 nitrogen and oxygen atoms in total. The molecular formula is C19H38OS2Si. The highest BCUT2D eigenvalue weighted by Gasteiger charge is 2.52. The Hall–Kier alpha value is 0.617. The van der Waals surface area contributed by atoms with Crippen molar-refractivity contribution in [2.75, 3.05) is 11.5 Å². The van der Waals surface area contributed by atoms with E-state index in [-0.39, 0.29) is 15.7 Å². The van der Waals surface area contributed by atoms with E-state index in [9.17, 15) is 5.11 Å². The van der Waals surface area contributed by atoms with Crippen LogP contribution in [0.5, 0.6) is 0 Å². The second-order valence-electron chi connectivity index (χ2n) is 7.85. The Morgan fingerprint density at radius 3 is 2.17 bits per heavy atom. The average Bonchev–Trinajstić information content (AvgIpc) is 2.51. The predicted octanol–water partition coefficient (Wildman–Crippen LogP) is 6.34. The largest absolute Gasteiger partial charge is 0.392 e. The summed E-state index contributed by atoms with van der Waals surface area (Å²) < 4.78 is 0.203. The van der Waals surface area contributed by atoms with E-state index in [0.29, 0.717) is 0 Å².